The Balaban J connectivity index is 1.46. The van der Waals surface area contributed by atoms with Gasteiger partial charge in [0.1, 0.15) is 0 Å². The van der Waals surface area contributed by atoms with Crippen LogP contribution in [0.5, 0.6) is 0 Å². The quantitative estimate of drug-likeness (QED) is 0.365. The number of carbonyl (C=O) groups is 4. The highest BCUT2D eigenvalue weighted by Crippen LogP contribution is 2.35. The molecule has 0 bridgehead atoms. The third kappa shape index (κ3) is 8.21. The zero-order valence-electron chi connectivity index (χ0n) is 20.6. The lowest BCUT2D eigenvalue weighted by Gasteiger charge is -2.24. The number of unbranched alkanes of at least 4 members (excludes halogenated alkanes) is 4. The largest absolute Gasteiger partial charge is 0.356 e. The maximum absolute atomic E-state index is 12.5. The van der Waals surface area contributed by atoms with Crippen molar-refractivity contribution in [3.05, 3.63) is 0 Å². The number of likely N-dealkylation sites (tertiary alicyclic amines) is 2. The van der Waals surface area contributed by atoms with Gasteiger partial charge in [-0.15, -0.1) is 0 Å². The Morgan fingerprint density at radius 3 is 2.31 bits per heavy atom. The number of amides is 4. The van der Waals surface area contributed by atoms with Gasteiger partial charge in [-0.25, -0.2) is 0 Å². The molecule has 2 rings (SSSR count). The van der Waals surface area contributed by atoms with Gasteiger partial charge in [0, 0.05) is 45.4 Å². The second kappa shape index (κ2) is 12.4. The van der Waals surface area contributed by atoms with E-state index in [2.05, 4.69) is 12.2 Å². The molecule has 7 heteroatoms. The Labute approximate surface area is 193 Å². The fourth-order valence-corrected chi connectivity index (χ4v) is 4.54. The lowest BCUT2D eigenvalue weighted by Crippen LogP contribution is -2.34. The molecule has 0 aromatic heterocycles. The number of carbonyl (C=O) groups excluding carboxylic acids is 4. The molecular formula is C25H43N3O4. The average Bonchev–Trinajstić information content (AvgIpc) is 3.27. The lowest BCUT2D eigenvalue weighted by atomic mass is 9.80. The first kappa shape index (κ1) is 26.3. The third-order valence-corrected chi connectivity index (χ3v) is 6.74. The third-order valence-electron chi connectivity index (χ3n) is 6.74. The van der Waals surface area contributed by atoms with Crippen LogP contribution in [0.3, 0.4) is 0 Å². The molecule has 2 fully saturated rings. The first-order valence-corrected chi connectivity index (χ1v) is 12.5. The van der Waals surface area contributed by atoms with E-state index in [4.69, 9.17) is 0 Å². The zero-order valence-corrected chi connectivity index (χ0v) is 20.6. The fraction of sp³-hybridized carbons (Fsp3) is 0.840. The summed E-state index contributed by atoms with van der Waals surface area (Å²) in [6, 6.07) is 0. The molecule has 1 N–H and O–H groups in total. The number of rotatable bonds is 12. The summed E-state index contributed by atoms with van der Waals surface area (Å²) < 4.78 is 0. The molecule has 1 unspecified atom stereocenters. The van der Waals surface area contributed by atoms with Gasteiger partial charge in [0.15, 0.2) is 0 Å². The highest BCUT2D eigenvalue weighted by atomic mass is 16.2. The van der Waals surface area contributed by atoms with Crippen molar-refractivity contribution in [1.29, 1.82) is 0 Å². The highest BCUT2D eigenvalue weighted by molar-refractivity contribution is 6.03. The van der Waals surface area contributed by atoms with Crippen LogP contribution in [0.15, 0.2) is 0 Å². The first-order chi connectivity index (χ1) is 15.1. The van der Waals surface area contributed by atoms with Crippen LogP contribution in [0.25, 0.3) is 0 Å². The SMILES string of the molecule is C[C@H]1CCN(C(=O)CCCCCNC(=O)CCCCCN2C(=O)CC(C(C)(C)C)C2=O)C1. The molecule has 0 aliphatic carbocycles. The number of hydrogen-bond donors (Lipinski definition) is 1. The van der Waals surface area contributed by atoms with Crippen LogP contribution in [0.2, 0.25) is 0 Å². The summed E-state index contributed by atoms with van der Waals surface area (Å²) in [6.07, 6.45) is 7.55. The van der Waals surface area contributed by atoms with Crippen LogP contribution in [0, 0.1) is 17.3 Å². The van der Waals surface area contributed by atoms with Crippen molar-refractivity contribution in [3.63, 3.8) is 0 Å². The molecule has 4 amide bonds. The predicted octanol–water partition coefficient (Wildman–Crippen LogP) is 3.51. The second-order valence-electron chi connectivity index (χ2n) is 10.7. The van der Waals surface area contributed by atoms with E-state index in [0.29, 0.717) is 38.3 Å². The van der Waals surface area contributed by atoms with E-state index in [9.17, 15) is 19.2 Å². The van der Waals surface area contributed by atoms with Crippen LogP contribution in [0.4, 0.5) is 0 Å². The molecule has 2 aliphatic rings. The molecule has 0 aromatic rings. The van der Waals surface area contributed by atoms with Crippen molar-refractivity contribution in [2.45, 2.75) is 91.9 Å². The van der Waals surface area contributed by atoms with Crippen LogP contribution in [0.1, 0.15) is 91.9 Å². The molecule has 7 nitrogen and oxygen atoms in total. The van der Waals surface area contributed by atoms with E-state index in [1.54, 1.807) is 0 Å². The van der Waals surface area contributed by atoms with Gasteiger partial charge >= 0.3 is 0 Å². The smallest absolute Gasteiger partial charge is 0.233 e. The van der Waals surface area contributed by atoms with Gasteiger partial charge in [0.2, 0.25) is 23.6 Å². The van der Waals surface area contributed by atoms with E-state index < -0.39 is 0 Å². The van der Waals surface area contributed by atoms with Crippen molar-refractivity contribution >= 4 is 23.6 Å². The van der Waals surface area contributed by atoms with Gasteiger partial charge in [-0.2, -0.15) is 0 Å². The second-order valence-corrected chi connectivity index (χ2v) is 10.7. The maximum atomic E-state index is 12.5. The minimum atomic E-state index is -0.220. The highest BCUT2D eigenvalue weighted by Gasteiger charge is 2.44. The minimum Gasteiger partial charge on any atom is -0.356 e. The normalized spacial score (nSPS) is 21.5. The fourth-order valence-electron chi connectivity index (χ4n) is 4.54. The van der Waals surface area contributed by atoms with Crippen molar-refractivity contribution in [2.75, 3.05) is 26.2 Å². The average molecular weight is 450 g/mol. The number of nitrogens with one attached hydrogen (secondary N) is 1. The Morgan fingerprint density at radius 2 is 1.69 bits per heavy atom. The van der Waals surface area contributed by atoms with E-state index >= 15 is 0 Å². The van der Waals surface area contributed by atoms with Crippen LogP contribution in [-0.2, 0) is 19.2 Å². The topological polar surface area (TPSA) is 86.8 Å². The van der Waals surface area contributed by atoms with Crippen LogP contribution < -0.4 is 5.32 Å². The van der Waals surface area contributed by atoms with Gasteiger partial charge in [-0.1, -0.05) is 40.5 Å². The van der Waals surface area contributed by atoms with Gasteiger partial charge < -0.3 is 10.2 Å². The lowest BCUT2D eigenvalue weighted by molar-refractivity contribution is -0.140. The molecule has 182 valence electrons. The molecular weight excluding hydrogens is 406 g/mol. The summed E-state index contributed by atoms with van der Waals surface area (Å²) in [6.45, 7) is 11.1. The molecule has 2 saturated heterocycles. The van der Waals surface area contributed by atoms with Crippen molar-refractivity contribution in [3.8, 4) is 0 Å². The van der Waals surface area contributed by atoms with Crippen molar-refractivity contribution in [2.24, 2.45) is 17.3 Å². The standard InChI is InChI=1S/C25H43N3O4/c1-19-13-16-27(18-19)22(30)12-8-5-9-14-26-21(29)11-7-6-10-15-28-23(31)17-20(24(28)32)25(2,3)4/h19-20H,5-18H2,1-4H3,(H,26,29)/t19-,20?/m0/s1. The molecule has 2 heterocycles. The molecule has 32 heavy (non-hydrogen) atoms. The number of nitrogens with zero attached hydrogens (tertiary/aromatic N) is 2. The molecule has 0 spiro atoms. The molecule has 2 atom stereocenters. The van der Waals surface area contributed by atoms with Crippen LogP contribution >= 0.6 is 0 Å². The summed E-state index contributed by atoms with van der Waals surface area (Å²) in [5, 5.41) is 2.95. The monoisotopic (exact) mass is 449 g/mol. The van der Waals surface area contributed by atoms with Gasteiger partial charge in [-0.05, 0) is 43.4 Å². The summed E-state index contributed by atoms with van der Waals surface area (Å²) in [4.78, 5) is 52.1. The Bertz CT molecular complexity index is 671. The van der Waals surface area contributed by atoms with E-state index in [0.717, 1.165) is 58.0 Å². The number of imide groups is 1. The first-order valence-electron chi connectivity index (χ1n) is 12.5. The van der Waals surface area contributed by atoms with Gasteiger partial charge in [0.25, 0.3) is 0 Å². The zero-order chi connectivity index (χ0) is 23.7. The molecule has 0 radical (unpaired) electrons. The maximum Gasteiger partial charge on any atom is 0.233 e. The Hall–Kier alpha value is -1.92. The number of hydrogen-bond acceptors (Lipinski definition) is 4. The summed E-state index contributed by atoms with van der Waals surface area (Å²) >= 11 is 0. The van der Waals surface area contributed by atoms with E-state index in [1.165, 1.54) is 4.90 Å². The van der Waals surface area contributed by atoms with Gasteiger partial charge in [0.05, 0.1) is 5.92 Å². The molecule has 2 aliphatic heterocycles. The Morgan fingerprint density at radius 1 is 1.00 bits per heavy atom. The van der Waals surface area contributed by atoms with Crippen molar-refractivity contribution < 1.29 is 19.2 Å². The summed E-state index contributed by atoms with van der Waals surface area (Å²) in [5.74, 6) is 0.613. The molecule has 0 aromatic carbocycles. The van der Waals surface area contributed by atoms with Crippen LogP contribution in [-0.4, -0.2) is 59.6 Å². The van der Waals surface area contributed by atoms with E-state index in [1.807, 2.05) is 25.7 Å². The van der Waals surface area contributed by atoms with E-state index in [-0.39, 0.29) is 35.0 Å². The minimum absolute atomic E-state index is 0.0445. The summed E-state index contributed by atoms with van der Waals surface area (Å²) in [7, 11) is 0. The van der Waals surface area contributed by atoms with Gasteiger partial charge in [-0.3, -0.25) is 24.1 Å². The summed E-state index contributed by atoms with van der Waals surface area (Å²) in [5.41, 5.74) is -0.193. The predicted molar refractivity (Wildman–Crippen MR) is 125 cm³/mol. The molecule has 0 saturated carbocycles. The van der Waals surface area contributed by atoms with Crippen molar-refractivity contribution in [1.82, 2.24) is 15.1 Å². The Kier molecular flexibility index (Phi) is 10.2.